The molecule has 2 aliphatic rings. The van der Waals surface area contributed by atoms with Gasteiger partial charge in [0, 0.05) is 64.5 Å². The van der Waals surface area contributed by atoms with Gasteiger partial charge in [-0.3, -0.25) is 19.3 Å². The number of sulfonamides is 1. The van der Waals surface area contributed by atoms with Gasteiger partial charge in [0.15, 0.2) is 0 Å². The highest BCUT2D eigenvalue weighted by Crippen LogP contribution is 2.28. The van der Waals surface area contributed by atoms with E-state index in [4.69, 9.17) is 0 Å². The molecular formula is C23H35N5O5S. The van der Waals surface area contributed by atoms with Gasteiger partial charge >= 0.3 is 0 Å². The van der Waals surface area contributed by atoms with Gasteiger partial charge in [-0.05, 0) is 31.2 Å². The fourth-order valence-electron chi connectivity index (χ4n) is 4.47. The Hall–Kier alpha value is -2.50. The number of benzene rings is 1. The first-order valence-corrected chi connectivity index (χ1v) is 13.3. The molecule has 0 aliphatic carbocycles. The van der Waals surface area contributed by atoms with Crippen LogP contribution in [0.4, 0.5) is 5.69 Å². The third-order valence-electron chi connectivity index (χ3n) is 6.39. The summed E-state index contributed by atoms with van der Waals surface area (Å²) in [6, 6.07) is 6.28. The summed E-state index contributed by atoms with van der Waals surface area (Å²) in [4.78, 5) is 43.0. The second kappa shape index (κ2) is 11.3. The number of amides is 3. The van der Waals surface area contributed by atoms with E-state index in [0.717, 1.165) is 0 Å². The third-order valence-corrected chi connectivity index (χ3v) is 8.46. The minimum Gasteiger partial charge on any atom is -0.355 e. The molecule has 10 nitrogen and oxygen atoms in total. The molecule has 0 saturated carbocycles. The average Bonchev–Trinajstić information content (AvgIpc) is 3.21. The summed E-state index contributed by atoms with van der Waals surface area (Å²) < 4.78 is 26.8. The minimum atomic E-state index is -3.57. The highest BCUT2D eigenvalue weighted by atomic mass is 32.2. The van der Waals surface area contributed by atoms with Crippen molar-refractivity contribution in [2.24, 2.45) is 5.92 Å². The van der Waals surface area contributed by atoms with Crippen molar-refractivity contribution >= 4 is 33.4 Å². The summed E-state index contributed by atoms with van der Waals surface area (Å²) in [6.45, 7) is 9.72. The van der Waals surface area contributed by atoms with Gasteiger partial charge < -0.3 is 15.1 Å². The monoisotopic (exact) mass is 493 g/mol. The van der Waals surface area contributed by atoms with Crippen molar-refractivity contribution in [3.05, 3.63) is 24.3 Å². The lowest BCUT2D eigenvalue weighted by Crippen LogP contribution is -2.52. The maximum Gasteiger partial charge on any atom is 0.243 e. The van der Waals surface area contributed by atoms with Crippen molar-refractivity contribution in [3.63, 3.8) is 0 Å². The van der Waals surface area contributed by atoms with Gasteiger partial charge in [0.05, 0.1) is 17.4 Å². The molecule has 0 bridgehead atoms. The molecule has 34 heavy (non-hydrogen) atoms. The summed E-state index contributed by atoms with van der Waals surface area (Å²) in [5.74, 6) is -0.640. The Labute approximate surface area is 201 Å². The van der Waals surface area contributed by atoms with E-state index in [1.54, 1.807) is 35.8 Å². The van der Waals surface area contributed by atoms with Gasteiger partial charge in [0.1, 0.15) is 0 Å². The number of carbonyl (C=O) groups is 3. The molecule has 0 radical (unpaired) electrons. The topological polar surface area (TPSA) is 110 Å². The molecule has 0 aromatic heterocycles. The van der Waals surface area contributed by atoms with Crippen molar-refractivity contribution in [1.82, 2.24) is 19.4 Å². The standard InChI is InChI=1S/C23H35N5O5S/c1-4-24-21(29)17-25-11-13-26(14-12-25)23(31)18-15-22(30)28(16-18)19-7-9-20(10-8-19)34(32,33)27(5-2)6-3/h7-10,18H,4-6,11-17H2,1-3H3,(H,24,29). The van der Waals surface area contributed by atoms with Crippen LogP contribution in [0.1, 0.15) is 27.2 Å². The number of rotatable bonds is 9. The summed E-state index contributed by atoms with van der Waals surface area (Å²) in [5.41, 5.74) is 0.588. The van der Waals surface area contributed by atoms with Crippen molar-refractivity contribution in [2.75, 3.05) is 63.8 Å². The normalized spacial score (nSPS) is 19.6. The molecule has 2 fully saturated rings. The summed E-state index contributed by atoms with van der Waals surface area (Å²) in [7, 11) is -3.57. The fraction of sp³-hybridized carbons (Fsp3) is 0.609. The molecule has 11 heteroatoms. The third kappa shape index (κ3) is 5.76. The lowest BCUT2D eigenvalue weighted by molar-refractivity contribution is -0.137. The predicted octanol–water partition coefficient (Wildman–Crippen LogP) is 0.350. The van der Waals surface area contributed by atoms with Crippen molar-refractivity contribution in [1.29, 1.82) is 0 Å². The van der Waals surface area contributed by atoms with E-state index in [2.05, 4.69) is 5.32 Å². The molecular weight excluding hydrogens is 458 g/mol. The van der Waals surface area contributed by atoms with Gasteiger partial charge in [-0.1, -0.05) is 13.8 Å². The summed E-state index contributed by atoms with van der Waals surface area (Å²) in [6.07, 6.45) is 0.136. The van der Waals surface area contributed by atoms with Crippen LogP contribution in [-0.4, -0.2) is 99.1 Å². The molecule has 2 aliphatic heterocycles. The van der Waals surface area contributed by atoms with Gasteiger partial charge in [0.2, 0.25) is 27.7 Å². The minimum absolute atomic E-state index is 0.0183. The van der Waals surface area contributed by atoms with Crippen LogP contribution in [0.25, 0.3) is 0 Å². The van der Waals surface area contributed by atoms with E-state index < -0.39 is 15.9 Å². The Morgan fingerprint density at radius 2 is 1.65 bits per heavy atom. The predicted molar refractivity (Wildman–Crippen MR) is 129 cm³/mol. The van der Waals surface area contributed by atoms with E-state index >= 15 is 0 Å². The molecule has 3 rings (SSSR count). The Balaban J connectivity index is 1.59. The van der Waals surface area contributed by atoms with E-state index in [1.165, 1.54) is 16.4 Å². The molecule has 0 spiro atoms. The smallest absolute Gasteiger partial charge is 0.243 e. The first kappa shape index (κ1) is 26.1. The van der Waals surface area contributed by atoms with Crippen molar-refractivity contribution in [3.8, 4) is 0 Å². The summed E-state index contributed by atoms with van der Waals surface area (Å²) in [5, 5.41) is 2.78. The number of nitrogens with zero attached hydrogens (tertiary/aromatic N) is 4. The lowest BCUT2D eigenvalue weighted by atomic mass is 10.1. The Kier molecular flexibility index (Phi) is 8.67. The van der Waals surface area contributed by atoms with Crippen LogP contribution in [0.5, 0.6) is 0 Å². The molecule has 1 aromatic carbocycles. The van der Waals surface area contributed by atoms with E-state index in [-0.39, 0.29) is 35.6 Å². The molecule has 2 saturated heterocycles. The van der Waals surface area contributed by atoms with Crippen LogP contribution < -0.4 is 10.2 Å². The van der Waals surface area contributed by atoms with Crippen LogP contribution in [0.3, 0.4) is 0 Å². The fourth-order valence-corrected chi connectivity index (χ4v) is 5.93. The zero-order valence-electron chi connectivity index (χ0n) is 20.2. The average molecular weight is 494 g/mol. The first-order chi connectivity index (χ1) is 16.2. The molecule has 188 valence electrons. The molecule has 1 N–H and O–H groups in total. The lowest BCUT2D eigenvalue weighted by Gasteiger charge is -2.35. The van der Waals surface area contributed by atoms with E-state index in [0.29, 0.717) is 58.0 Å². The molecule has 2 heterocycles. The Morgan fingerprint density at radius 1 is 1.03 bits per heavy atom. The number of hydrogen-bond donors (Lipinski definition) is 1. The number of hydrogen-bond acceptors (Lipinski definition) is 6. The number of likely N-dealkylation sites (N-methyl/N-ethyl adjacent to an activating group) is 1. The largest absolute Gasteiger partial charge is 0.355 e. The van der Waals surface area contributed by atoms with Gasteiger partial charge in [-0.15, -0.1) is 0 Å². The second-order valence-corrected chi connectivity index (χ2v) is 10.5. The van der Waals surface area contributed by atoms with Crippen LogP contribution in [0.15, 0.2) is 29.2 Å². The summed E-state index contributed by atoms with van der Waals surface area (Å²) >= 11 is 0. The second-order valence-electron chi connectivity index (χ2n) is 8.54. The van der Waals surface area contributed by atoms with Crippen LogP contribution >= 0.6 is 0 Å². The number of anilines is 1. The van der Waals surface area contributed by atoms with Crippen LogP contribution in [0, 0.1) is 5.92 Å². The maximum absolute atomic E-state index is 13.0. The van der Waals surface area contributed by atoms with Gasteiger partial charge in [0.25, 0.3) is 0 Å². The highest BCUT2D eigenvalue weighted by molar-refractivity contribution is 7.89. The SMILES string of the molecule is CCNC(=O)CN1CCN(C(=O)C2CC(=O)N(c3ccc(S(=O)(=O)N(CC)CC)cc3)C2)CC1. The molecule has 3 amide bonds. The van der Waals surface area contributed by atoms with Crippen LogP contribution in [-0.2, 0) is 24.4 Å². The number of piperazine rings is 1. The molecule has 1 unspecified atom stereocenters. The van der Waals surface area contributed by atoms with Gasteiger partial charge in [-0.25, -0.2) is 8.42 Å². The van der Waals surface area contributed by atoms with E-state index in [9.17, 15) is 22.8 Å². The van der Waals surface area contributed by atoms with Crippen molar-refractivity contribution < 1.29 is 22.8 Å². The Bertz CT molecular complexity index is 986. The van der Waals surface area contributed by atoms with Crippen LogP contribution in [0.2, 0.25) is 0 Å². The van der Waals surface area contributed by atoms with Crippen molar-refractivity contribution in [2.45, 2.75) is 32.1 Å². The van der Waals surface area contributed by atoms with E-state index in [1.807, 2.05) is 11.8 Å². The number of carbonyl (C=O) groups excluding carboxylic acids is 3. The first-order valence-electron chi connectivity index (χ1n) is 11.9. The maximum atomic E-state index is 13.0. The highest BCUT2D eigenvalue weighted by Gasteiger charge is 2.38. The van der Waals surface area contributed by atoms with Gasteiger partial charge in [-0.2, -0.15) is 4.31 Å². The zero-order chi connectivity index (χ0) is 24.9. The molecule has 1 atom stereocenters. The molecule has 1 aromatic rings. The number of nitrogens with one attached hydrogen (secondary N) is 1. The quantitative estimate of drug-likeness (QED) is 0.532. The zero-order valence-corrected chi connectivity index (χ0v) is 21.0. The Morgan fingerprint density at radius 3 is 2.21 bits per heavy atom.